The summed E-state index contributed by atoms with van der Waals surface area (Å²) in [6.45, 7) is 7.59. The van der Waals surface area contributed by atoms with Crippen LogP contribution in [0.5, 0.6) is 5.75 Å². The number of hydrogen-bond donors (Lipinski definition) is 1. The van der Waals surface area contributed by atoms with Crippen molar-refractivity contribution in [2.75, 3.05) is 25.1 Å². The zero-order chi connectivity index (χ0) is 21.4. The number of carbonyl (C=O) groups is 3. The highest BCUT2D eigenvalue weighted by atomic mass is 32.1. The summed E-state index contributed by atoms with van der Waals surface area (Å²) in [5.74, 6) is -0.772. The summed E-state index contributed by atoms with van der Waals surface area (Å²) in [6.07, 6.45) is 0. The Kier molecular flexibility index (Phi) is 8.14. The molecule has 2 rings (SSSR count). The minimum atomic E-state index is -0.461. The summed E-state index contributed by atoms with van der Waals surface area (Å²) in [4.78, 5) is 40.5. The van der Waals surface area contributed by atoms with Crippen LogP contribution in [0.1, 0.15) is 46.5 Å². The number of carbonyl (C=O) groups excluding carboxylic acids is 3. The molecule has 9 heteroatoms. The van der Waals surface area contributed by atoms with Crippen LogP contribution < -0.4 is 10.1 Å². The lowest BCUT2D eigenvalue weighted by atomic mass is 10.2. The summed E-state index contributed by atoms with van der Waals surface area (Å²) in [5, 5.41) is 2.88. The molecule has 0 unspecified atom stereocenters. The van der Waals surface area contributed by atoms with E-state index >= 15 is 0 Å². The second kappa shape index (κ2) is 10.6. The summed E-state index contributed by atoms with van der Waals surface area (Å²) in [7, 11) is 0. The Balaban J connectivity index is 1.91. The SMILES string of the molecule is CCOC(=O)c1cccc(OCC(=O)Nc2nc(C)c(C(=O)OCC(C)C)s2)c1. The van der Waals surface area contributed by atoms with E-state index in [1.165, 1.54) is 6.07 Å². The molecule has 0 aliphatic carbocycles. The van der Waals surface area contributed by atoms with Crippen LogP contribution in [0.2, 0.25) is 0 Å². The monoisotopic (exact) mass is 420 g/mol. The molecule has 1 N–H and O–H groups in total. The average molecular weight is 420 g/mol. The van der Waals surface area contributed by atoms with Gasteiger partial charge in [0.1, 0.15) is 10.6 Å². The zero-order valence-corrected chi connectivity index (χ0v) is 17.6. The molecule has 0 bridgehead atoms. The number of nitrogens with one attached hydrogen (secondary N) is 1. The van der Waals surface area contributed by atoms with E-state index in [1.54, 1.807) is 32.0 Å². The van der Waals surface area contributed by atoms with E-state index in [9.17, 15) is 14.4 Å². The van der Waals surface area contributed by atoms with E-state index in [4.69, 9.17) is 14.2 Å². The molecule has 0 radical (unpaired) electrons. The highest BCUT2D eigenvalue weighted by Crippen LogP contribution is 2.23. The number of rotatable bonds is 9. The first-order valence-corrected chi connectivity index (χ1v) is 9.96. The quantitative estimate of drug-likeness (QED) is 0.620. The van der Waals surface area contributed by atoms with E-state index in [1.807, 2.05) is 13.8 Å². The maximum Gasteiger partial charge on any atom is 0.350 e. The van der Waals surface area contributed by atoms with Gasteiger partial charge >= 0.3 is 11.9 Å². The zero-order valence-electron chi connectivity index (χ0n) is 16.8. The van der Waals surface area contributed by atoms with Crippen molar-refractivity contribution >= 4 is 34.3 Å². The van der Waals surface area contributed by atoms with Crippen molar-refractivity contribution in [2.45, 2.75) is 27.7 Å². The van der Waals surface area contributed by atoms with Crippen LogP contribution in [0, 0.1) is 12.8 Å². The summed E-state index contributed by atoms with van der Waals surface area (Å²) in [6, 6.07) is 6.37. The Morgan fingerprint density at radius 1 is 1.17 bits per heavy atom. The number of benzene rings is 1. The van der Waals surface area contributed by atoms with Gasteiger partial charge in [-0.2, -0.15) is 0 Å². The predicted molar refractivity (Wildman–Crippen MR) is 108 cm³/mol. The van der Waals surface area contributed by atoms with Crippen molar-refractivity contribution in [1.82, 2.24) is 4.98 Å². The number of nitrogens with zero attached hydrogens (tertiary/aromatic N) is 1. The second-order valence-corrected chi connectivity index (χ2v) is 7.51. The van der Waals surface area contributed by atoms with E-state index in [-0.39, 0.29) is 24.3 Å². The lowest BCUT2D eigenvalue weighted by Gasteiger charge is -2.07. The number of esters is 2. The molecule has 2 aromatic rings. The first kappa shape index (κ1) is 22.4. The first-order chi connectivity index (χ1) is 13.8. The third kappa shape index (κ3) is 6.86. The highest BCUT2D eigenvalue weighted by molar-refractivity contribution is 7.17. The van der Waals surface area contributed by atoms with Gasteiger partial charge in [0.05, 0.1) is 24.5 Å². The Morgan fingerprint density at radius 2 is 1.93 bits per heavy atom. The maximum absolute atomic E-state index is 12.1. The number of thiazole rings is 1. The molecule has 8 nitrogen and oxygen atoms in total. The molecular formula is C20H24N2O6S. The summed E-state index contributed by atoms with van der Waals surface area (Å²) < 4.78 is 15.6. The van der Waals surface area contributed by atoms with Crippen molar-refractivity contribution in [3.05, 3.63) is 40.4 Å². The van der Waals surface area contributed by atoms with E-state index in [2.05, 4.69) is 10.3 Å². The van der Waals surface area contributed by atoms with Crippen LogP contribution in [0.25, 0.3) is 0 Å². The molecule has 0 atom stereocenters. The van der Waals surface area contributed by atoms with Crippen LogP contribution in [0.15, 0.2) is 24.3 Å². The molecule has 0 aliphatic rings. The number of hydrogen-bond acceptors (Lipinski definition) is 8. The molecule has 29 heavy (non-hydrogen) atoms. The minimum absolute atomic E-state index is 0.228. The highest BCUT2D eigenvalue weighted by Gasteiger charge is 2.18. The number of anilines is 1. The van der Waals surface area contributed by atoms with Crippen molar-refractivity contribution in [3.8, 4) is 5.75 Å². The van der Waals surface area contributed by atoms with Gasteiger partial charge in [-0.1, -0.05) is 31.3 Å². The average Bonchev–Trinajstić information content (AvgIpc) is 3.05. The number of aryl methyl sites for hydroxylation is 1. The van der Waals surface area contributed by atoms with Gasteiger partial charge in [-0.05, 0) is 38.0 Å². The maximum atomic E-state index is 12.1. The lowest BCUT2D eigenvalue weighted by Crippen LogP contribution is -2.20. The fourth-order valence-corrected chi connectivity index (χ4v) is 3.06. The van der Waals surface area contributed by atoms with Crippen LogP contribution in [0.4, 0.5) is 5.13 Å². The molecule has 156 valence electrons. The summed E-state index contributed by atoms with van der Waals surface area (Å²) >= 11 is 1.05. The molecule has 0 spiro atoms. The summed E-state index contributed by atoms with van der Waals surface area (Å²) in [5.41, 5.74) is 0.826. The molecule has 0 saturated carbocycles. The lowest BCUT2D eigenvalue weighted by molar-refractivity contribution is -0.118. The standard InChI is InChI=1S/C20H24N2O6S/c1-5-26-18(24)14-7-6-8-15(9-14)27-11-16(23)22-20-21-13(4)17(29-20)19(25)28-10-12(2)3/h6-9,12H,5,10-11H2,1-4H3,(H,21,22,23). The van der Waals surface area contributed by atoms with Crippen molar-refractivity contribution in [3.63, 3.8) is 0 Å². The van der Waals surface area contributed by atoms with Gasteiger partial charge in [0, 0.05) is 0 Å². The Hall–Kier alpha value is -2.94. The van der Waals surface area contributed by atoms with Crippen molar-refractivity contribution in [1.29, 1.82) is 0 Å². The number of aromatic nitrogens is 1. The largest absolute Gasteiger partial charge is 0.484 e. The second-order valence-electron chi connectivity index (χ2n) is 6.51. The van der Waals surface area contributed by atoms with Crippen LogP contribution in [-0.2, 0) is 14.3 Å². The third-order valence-corrected chi connectivity index (χ3v) is 4.54. The fourth-order valence-electron chi connectivity index (χ4n) is 2.18. The van der Waals surface area contributed by atoms with Crippen LogP contribution in [-0.4, -0.2) is 42.7 Å². The van der Waals surface area contributed by atoms with Crippen LogP contribution in [0.3, 0.4) is 0 Å². The Labute approximate surface area is 173 Å². The fraction of sp³-hybridized carbons (Fsp3) is 0.400. The minimum Gasteiger partial charge on any atom is -0.484 e. The molecule has 1 heterocycles. The normalized spacial score (nSPS) is 10.5. The van der Waals surface area contributed by atoms with Crippen LogP contribution >= 0.6 is 11.3 Å². The van der Waals surface area contributed by atoms with E-state index in [0.29, 0.717) is 28.5 Å². The van der Waals surface area contributed by atoms with E-state index < -0.39 is 17.8 Å². The third-order valence-electron chi connectivity index (χ3n) is 3.49. The molecular weight excluding hydrogens is 396 g/mol. The van der Waals surface area contributed by atoms with Gasteiger partial charge in [0.25, 0.3) is 5.91 Å². The van der Waals surface area contributed by atoms with Gasteiger partial charge in [0.15, 0.2) is 11.7 Å². The molecule has 0 aliphatic heterocycles. The number of amides is 1. The molecule has 0 fully saturated rings. The number of ether oxygens (including phenoxy) is 3. The molecule has 0 saturated heterocycles. The topological polar surface area (TPSA) is 104 Å². The first-order valence-electron chi connectivity index (χ1n) is 9.14. The van der Waals surface area contributed by atoms with Gasteiger partial charge in [-0.3, -0.25) is 10.1 Å². The molecule has 1 amide bonds. The molecule has 1 aromatic carbocycles. The van der Waals surface area contributed by atoms with Crippen molar-refractivity contribution in [2.24, 2.45) is 5.92 Å². The smallest absolute Gasteiger partial charge is 0.350 e. The van der Waals surface area contributed by atoms with Gasteiger partial charge in [-0.15, -0.1) is 0 Å². The van der Waals surface area contributed by atoms with Gasteiger partial charge in [-0.25, -0.2) is 14.6 Å². The predicted octanol–water partition coefficient (Wildman–Crippen LogP) is 3.46. The Morgan fingerprint density at radius 3 is 2.62 bits per heavy atom. The molecule has 1 aromatic heterocycles. The Bertz CT molecular complexity index is 878. The van der Waals surface area contributed by atoms with E-state index in [0.717, 1.165) is 11.3 Å². The van der Waals surface area contributed by atoms with Gasteiger partial charge in [0.2, 0.25) is 0 Å². The van der Waals surface area contributed by atoms with Crippen molar-refractivity contribution < 1.29 is 28.6 Å². The van der Waals surface area contributed by atoms with Gasteiger partial charge < -0.3 is 14.2 Å².